The van der Waals surface area contributed by atoms with Gasteiger partial charge in [-0.2, -0.15) is 0 Å². The van der Waals surface area contributed by atoms with Crippen molar-refractivity contribution >= 4 is 11.9 Å². The predicted molar refractivity (Wildman–Crippen MR) is 76.8 cm³/mol. The summed E-state index contributed by atoms with van der Waals surface area (Å²) in [5.41, 5.74) is 0. The highest BCUT2D eigenvalue weighted by atomic mass is 16.5. The number of carbonyl (C=O) groups excluding carboxylic acids is 2. The number of hydrogen-bond donors (Lipinski definition) is 0. The zero-order chi connectivity index (χ0) is 14.7. The monoisotopic (exact) mass is 271 g/mol. The second-order valence-electron chi connectivity index (χ2n) is 5.49. The quantitative estimate of drug-likeness (QED) is 0.453. The van der Waals surface area contributed by atoms with Crippen molar-refractivity contribution in [3.8, 4) is 0 Å². The number of nitrogens with zero attached hydrogens (tertiary/aromatic N) is 1. The molecule has 0 aromatic rings. The maximum Gasteiger partial charge on any atom is 0.325 e. The lowest BCUT2D eigenvalue weighted by Crippen LogP contribution is -2.33. The van der Waals surface area contributed by atoms with Crippen molar-refractivity contribution in [2.24, 2.45) is 5.92 Å². The fraction of sp³-hybridized carbons (Fsp3) is 0.867. The van der Waals surface area contributed by atoms with Gasteiger partial charge in [-0.3, -0.25) is 9.59 Å². The van der Waals surface area contributed by atoms with Crippen molar-refractivity contribution in [3.63, 3.8) is 0 Å². The zero-order valence-corrected chi connectivity index (χ0v) is 12.9. The minimum Gasteiger partial charge on any atom is -0.464 e. The topological polar surface area (TPSA) is 46.6 Å². The molecule has 0 aliphatic heterocycles. The van der Waals surface area contributed by atoms with Crippen LogP contribution in [0.3, 0.4) is 0 Å². The maximum atomic E-state index is 11.8. The van der Waals surface area contributed by atoms with E-state index in [0.29, 0.717) is 18.9 Å². The van der Waals surface area contributed by atoms with E-state index in [1.807, 2.05) is 13.8 Å². The smallest absolute Gasteiger partial charge is 0.325 e. The Morgan fingerprint density at radius 2 is 1.74 bits per heavy atom. The summed E-state index contributed by atoms with van der Waals surface area (Å²) < 4.78 is 5.05. The first-order chi connectivity index (χ1) is 8.97. The lowest BCUT2D eigenvalue weighted by atomic mass is 10.1. The Balaban J connectivity index is 3.71. The Bertz CT molecular complexity index is 264. The number of unbranched alkanes of at least 4 members (excludes halogenated alkanes) is 4. The van der Waals surface area contributed by atoms with Crippen LogP contribution in [0.1, 0.15) is 59.3 Å². The molecule has 0 aromatic carbocycles. The van der Waals surface area contributed by atoms with Crippen LogP contribution in [0.4, 0.5) is 0 Å². The van der Waals surface area contributed by atoms with Crippen LogP contribution in [-0.2, 0) is 14.3 Å². The molecule has 0 aromatic heterocycles. The van der Waals surface area contributed by atoms with E-state index in [-0.39, 0.29) is 18.4 Å². The van der Waals surface area contributed by atoms with Crippen LogP contribution in [0.15, 0.2) is 0 Å². The Morgan fingerprint density at radius 3 is 2.32 bits per heavy atom. The molecule has 4 nitrogen and oxygen atoms in total. The van der Waals surface area contributed by atoms with Gasteiger partial charge < -0.3 is 9.64 Å². The highest BCUT2D eigenvalue weighted by Crippen LogP contribution is 2.06. The molecule has 112 valence electrons. The third kappa shape index (κ3) is 10.5. The molecule has 0 saturated heterocycles. The van der Waals surface area contributed by atoms with Gasteiger partial charge in [-0.05, 0) is 12.3 Å². The molecule has 0 saturated carbocycles. The third-order valence-corrected chi connectivity index (χ3v) is 2.86. The molecule has 19 heavy (non-hydrogen) atoms. The van der Waals surface area contributed by atoms with E-state index in [4.69, 9.17) is 4.74 Å². The van der Waals surface area contributed by atoms with Crippen LogP contribution < -0.4 is 0 Å². The summed E-state index contributed by atoms with van der Waals surface area (Å²) >= 11 is 0. The molecule has 0 aliphatic rings. The molecule has 0 unspecified atom stereocenters. The van der Waals surface area contributed by atoms with Gasteiger partial charge in [0.2, 0.25) is 5.91 Å². The van der Waals surface area contributed by atoms with Crippen LogP contribution in [0.25, 0.3) is 0 Å². The average Bonchev–Trinajstić information content (AvgIpc) is 2.35. The second kappa shape index (κ2) is 10.8. The highest BCUT2D eigenvalue weighted by Gasteiger charge is 2.13. The molecule has 4 heteroatoms. The van der Waals surface area contributed by atoms with Gasteiger partial charge in [-0.1, -0.05) is 46.5 Å². The molecule has 0 spiro atoms. The Morgan fingerprint density at radius 1 is 1.11 bits per heavy atom. The summed E-state index contributed by atoms with van der Waals surface area (Å²) in [5.74, 6) is 0.0250. The summed E-state index contributed by atoms with van der Waals surface area (Å²) in [6.07, 6.45) is 6.14. The average molecular weight is 271 g/mol. The number of likely N-dealkylation sites (N-methyl/N-ethyl adjacent to an activating group) is 1. The molecule has 0 fully saturated rings. The molecule has 0 bridgehead atoms. The molecule has 0 radical (unpaired) electrons. The summed E-state index contributed by atoms with van der Waals surface area (Å²) in [4.78, 5) is 24.7. The second-order valence-corrected chi connectivity index (χ2v) is 5.49. The number of ether oxygens (including phenoxy) is 1. The van der Waals surface area contributed by atoms with E-state index in [1.54, 1.807) is 7.05 Å². The van der Waals surface area contributed by atoms with Crippen LogP contribution in [0.5, 0.6) is 0 Å². The Hall–Kier alpha value is -1.06. The van der Waals surface area contributed by atoms with E-state index in [1.165, 1.54) is 24.2 Å². The maximum absolute atomic E-state index is 11.8. The lowest BCUT2D eigenvalue weighted by molar-refractivity contribution is -0.149. The molecular formula is C15H29NO3. The highest BCUT2D eigenvalue weighted by molar-refractivity contribution is 5.81. The minimum absolute atomic E-state index is 0.0259. The summed E-state index contributed by atoms with van der Waals surface area (Å²) in [7, 11) is 1.66. The Labute approximate surface area is 117 Å². The third-order valence-electron chi connectivity index (χ3n) is 2.86. The number of hydrogen-bond acceptors (Lipinski definition) is 3. The lowest BCUT2D eigenvalue weighted by Gasteiger charge is -2.16. The van der Waals surface area contributed by atoms with Crippen LogP contribution in [0, 0.1) is 5.92 Å². The van der Waals surface area contributed by atoms with Crippen molar-refractivity contribution in [2.75, 3.05) is 20.2 Å². The van der Waals surface area contributed by atoms with Crippen molar-refractivity contribution in [1.29, 1.82) is 0 Å². The van der Waals surface area contributed by atoms with Gasteiger partial charge in [0.1, 0.15) is 6.54 Å². The number of amides is 1. The van der Waals surface area contributed by atoms with Gasteiger partial charge in [0.15, 0.2) is 0 Å². The van der Waals surface area contributed by atoms with Gasteiger partial charge in [-0.15, -0.1) is 0 Å². The molecule has 0 N–H and O–H groups in total. The molecular weight excluding hydrogens is 242 g/mol. The van der Waals surface area contributed by atoms with Gasteiger partial charge in [0.25, 0.3) is 0 Å². The van der Waals surface area contributed by atoms with Crippen molar-refractivity contribution in [1.82, 2.24) is 4.90 Å². The molecule has 0 aliphatic carbocycles. The molecule has 0 heterocycles. The zero-order valence-electron chi connectivity index (χ0n) is 12.9. The van der Waals surface area contributed by atoms with Gasteiger partial charge >= 0.3 is 5.97 Å². The standard InChI is InChI=1S/C15H29NO3/c1-5-6-7-8-9-10-14(17)16(4)11-15(18)19-12-13(2)3/h13H,5-12H2,1-4H3. The molecule has 0 atom stereocenters. The summed E-state index contributed by atoms with van der Waals surface area (Å²) in [6.45, 7) is 6.61. The SMILES string of the molecule is CCCCCCCC(=O)N(C)CC(=O)OCC(C)C. The summed E-state index contributed by atoms with van der Waals surface area (Å²) in [5, 5.41) is 0. The van der Waals surface area contributed by atoms with Crippen molar-refractivity contribution in [3.05, 3.63) is 0 Å². The van der Waals surface area contributed by atoms with Crippen LogP contribution >= 0.6 is 0 Å². The fourth-order valence-corrected chi connectivity index (χ4v) is 1.66. The number of carbonyl (C=O) groups is 2. The van der Waals surface area contributed by atoms with Gasteiger partial charge in [0.05, 0.1) is 6.61 Å². The number of rotatable bonds is 10. The van der Waals surface area contributed by atoms with E-state index >= 15 is 0 Å². The minimum atomic E-state index is -0.324. The van der Waals surface area contributed by atoms with E-state index in [2.05, 4.69) is 6.92 Å². The van der Waals surface area contributed by atoms with Crippen molar-refractivity contribution < 1.29 is 14.3 Å². The van der Waals surface area contributed by atoms with Gasteiger partial charge in [-0.25, -0.2) is 0 Å². The van der Waals surface area contributed by atoms with E-state index in [9.17, 15) is 9.59 Å². The summed E-state index contributed by atoms with van der Waals surface area (Å²) in [6, 6.07) is 0. The number of esters is 1. The van der Waals surface area contributed by atoms with E-state index in [0.717, 1.165) is 12.8 Å². The first-order valence-electron chi connectivity index (χ1n) is 7.37. The predicted octanol–water partition coefficient (Wildman–Crippen LogP) is 3.00. The molecule has 1 amide bonds. The van der Waals surface area contributed by atoms with Crippen LogP contribution in [0.2, 0.25) is 0 Å². The first kappa shape index (κ1) is 17.9. The Kier molecular flexibility index (Phi) is 10.2. The van der Waals surface area contributed by atoms with Crippen molar-refractivity contribution in [2.45, 2.75) is 59.3 Å². The first-order valence-corrected chi connectivity index (χ1v) is 7.37. The largest absolute Gasteiger partial charge is 0.464 e. The normalized spacial score (nSPS) is 10.6. The fourth-order valence-electron chi connectivity index (χ4n) is 1.66. The van der Waals surface area contributed by atoms with Crippen LogP contribution in [-0.4, -0.2) is 37.0 Å². The molecule has 0 rings (SSSR count). The van der Waals surface area contributed by atoms with Gasteiger partial charge in [0, 0.05) is 13.5 Å². The van der Waals surface area contributed by atoms with E-state index < -0.39 is 0 Å².